The fraction of sp³-hybridized carbons (Fsp3) is 0.625. The van der Waals surface area contributed by atoms with Gasteiger partial charge in [-0.15, -0.1) is 15.3 Å². The Kier molecular flexibility index (Phi) is 4.05. The zero-order valence-electron chi connectivity index (χ0n) is 13.8. The quantitative estimate of drug-likeness (QED) is 0.802. The second-order valence-electron chi connectivity index (χ2n) is 6.46. The standard InChI is InChI=1S/C16H22N6O2/c1-12-13(3-2-10-24-12)16(23)21-8-6-20(7-9-21)15-5-4-14-18-17-11-22(14)19-15/h4-5,11-13H,2-3,6-10H2,1H3/t12-,13+/m0/s1. The summed E-state index contributed by atoms with van der Waals surface area (Å²) in [6.45, 7) is 5.81. The molecule has 2 saturated heterocycles. The molecule has 2 fully saturated rings. The van der Waals surface area contributed by atoms with Crippen molar-refractivity contribution < 1.29 is 9.53 Å². The molecule has 24 heavy (non-hydrogen) atoms. The van der Waals surface area contributed by atoms with Crippen molar-refractivity contribution in [1.82, 2.24) is 24.7 Å². The molecule has 2 aromatic rings. The van der Waals surface area contributed by atoms with E-state index in [1.165, 1.54) is 0 Å². The number of hydrogen-bond donors (Lipinski definition) is 0. The summed E-state index contributed by atoms with van der Waals surface area (Å²) >= 11 is 0. The van der Waals surface area contributed by atoms with Crippen molar-refractivity contribution in [1.29, 1.82) is 0 Å². The van der Waals surface area contributed by atoms with E-state index in [9.17, 15) is 4.79 Å². The Bertz CT molecular complexity index is 724. The van der Waals surface area contributed by atoms with E-state index in [2.05, 4.69) is 20.2 Å². The molecule has 2 aliphatic rings. The zero-order chi connectivity index (χ0) is 16.5. The molecule has 2 aliphatic heterocycles. The lowest BCUT2D eigenvalue weighted by atomic mass is 9.93. The van der Waals surface area contributed by atoms with Crippen LogP contribution in [-0.2, 0) is 9.53 Å². The maximum atomic E-state index is 12.7. The van der Waals surface area contributed by atoms with Gasteiger partial charge in [-0.25, -0.2) is 0 Å². The van der Waals surface area contributed by atoms with Crippen LogP contribution in [0.1, 0.15) is 19.8 Å². The van der Waals surface area contributed by atoms with Gasteiger partial charge in [0.25, 0.3) is 0 Å². The van der Waals surface area contributed by atoms with Crippen LogP contribution >= 0.6 is 0 Å². The average molecular weight is 330 g/mol. The number of nitrogens with zero attached hydrogens (tertiary/aromatic N) is 6. The Morgan fingerprint density at radius 1 is 1.25 bits per heavy atom. The van der Waals surface area contributed by atoms with Crippen LogP contribution in [0.5, 0.6) is 0 Å². The van der Waals surface area contributed by atoms with Crippen LogP contribution in [0, 0.1) is 5.92 Å². The summed E-state index contributed by atoms with van der Waals surface area (Å²) in [4.78, 5) is 16.9. The van der Waals surface area contributed by atoms with Crippen molar-refractivity contribution in [2.45, 2.75) is 25.9 Å². The lowest BCUT2D eigenvalue weighted by molar-refractivity contribution is -0.144. The van der Waals surface area contributed by atoms with Gasteiger partial charge in [-0.05, 0) is 31.9 Å². The van der Waals surface area contributed by atoms with Gasteiger partial charge in [0, 0.05) is 32.8 Å². The lowest BCUT2D eigenvalue weighted by Crippen LogP contribution is -2.52. The minimum absolute atomic E-state index is 0.0109. The summed E-state index contributed by atoms with van der Waals surface area (Å²) in [6.07, 6.45) is 3.54. The van der Waals surface area contributed by atoms with Crippen molar-refractivity contribution in [3.63, 3.8) is 0 Å². The molecule has 1 amide bonds. The van der Waals surface area contributed by atoms with Crippen LogP contribution < -0.4 is 4.90 Å². The molecule has 2 atom stereocenters. The van der Waals surface area contributed by atoms with E-state index in [4.69, 9.17) is 4.74 Å². The molecule has 0 N–H and O–H groups in total. The molecule has 0 radical (unpaired) electrons. The fourth-order valence-corrected chi connectivity index (χ4v) is 3.53. The SMILES string of the molecule is C[C@@H]1OCCC[C@H]1C(=O)N1CCN(c2ccc3nncn3n2)CC1. The summed E-state index contributed by atoms with van der Waals surface area (Å²) < 4.78 is 7.32. The third-order valence-corrected chi connectivity index (χ3v) is 4.99. The number of fused-ring (bicyclic) bond motifs is 1. The second kappa shape index (κ2) is 6.35. The molecule has 0 spiro atoms. The van der Waals surface area contributed by atoms with Gasteiger partial charge in [-0.1, -0.05) is 0 Å². The Balaban J connectivity index is 1.40. The third-order valence-electron chi connectivity index (χ3n) is 4.99. The molecule has 4 heterocycles. The largest absolute Gasteiger partial charge is 0.378 e. The highest BCUT2D eigenvalue weighted by Gasteiger charge is 2.33. The lowest BCUT2D eigenvalue weighted by Gasteiger charge is -2.38. The number of amides is 1. The van der Waals surface area contributed by atoms with Crippen LogP contribution in [0.2, 0.25) is 0 Å². The summed E-state index contributed by atoms with van der Waals surface area (Å²) in [5, 5.41) is 12.3. The molecule has 8 heteroatoms. The number of hydrogen-bond acceptors (Lipinski definition) is 6. The molecule has 8 nitrogen and oxygen atoms in total. The summed E-state index contributed by atoms with van der Waals surface area (Å²) in [7, 11) is 0. The van der Waals surface area contributed by atoms with Crippen molar-refractivity contribution in [3.05, 3.63) is 18.5 Å². The molecule has 0 unspecified atom stereocenters. The topological polar surface area (TPSA) is 75.9 Å². The van der Waals surface area contributed by atoms with Gasteiger partial charge in [-0.2, -0.15) is 4.52 Å². The molecule has 4 rings (SSSR count). The summed E-state index contributed by atoms with van der Waals surface area (Å²) in [5.74, 6) is 1.14. The highest BCUT2D eigenvalue weighted by atomic mass is 16.5. The predicted octanol–water partition coefficient (Wildman–Crippen LogP) is 0.588. The van der Waals surface area contributed by atoms with Gasteiger partial charge < -0.3 is 14.5 Å². The van der Waals surface area contributed by atoms with Crippen LogP contribution in [0.4, 0.5) is 5.82 Å². The first-order valence-electron chi connectivity index (χ1n) is 8.55. The fourth-order valence-electron chi connectivity index (χ4n) is 3.53. The van der Waals surface area contributed by atoms with E-state index >= 15 is 0 Å². The molecule has 0 saturated carbocycles. The number of carbonyl (C=O) groups is 1. The first kappa shape index (κ1) is 15.3. The second-order valence-corrected chi connectivity index (χ2v) is 6.46. The minimum atomic E-state index is 0.0109. The smallest absolute Gasteiger partial charge is 0.228 e. The molecular weight excluding hydrogens is 308 g/mol. The number of piperazine rings is 1. The monoisotopic (exact) mass is 330 g/mol. The van der Waals surface area contributed by atoms with Gasteiger partial charge in [0.2, 0.25) is 5.91 Å². The maximum Gasteiger partial charge on any atom is 0.228 e. The van der Waals surface area contributed by atoms with Gasteiger partial charge >= 0.3 is 0 Å². The van der Waals surface area contributed by atoms with Crippen molar-refractivity contribution in [3.8, 4) is 0 Å². The van der Waals surface area contributed by atoms with Crippen molar-refractivity contribution in [2.75, 3.05) is 37.7 Å². The first-order valence-corrected chi connectivity index (χ1v) is 8.55. The Hall–Kier alpha value is -2.22. The summed E-state index contributed by atoms with van der Waals surface area (Å²) in [6, 6.07) is 3.87. The summed E-state index contributed by atoms with van der Waals surface area (Å²) in [5.41, 5.74) is 0.735. The number of carbonyl (C=O) groups excluding carboxylic acids is 1. The number of anilines is 1. The maximum absolute atomic E-state index is 12.7. The molecule has 0 aromatic carbocycles. The highest BCUT2D eigenvalue weighted by molar-refractivity contribution is 5.79. The van der Waals surface area contributed by atoms with Gasteiger partial charge in [0.05, 0.1) is 12.0 Å². The van der Waals surface area contributed by atoms with Crippen molar-refractivity contribution in [2.24, 2.45) is 5.92 Å². The number of rotatable bonds is 2. The molecular formula is C16H22N6O2. The van der Waals surface area contributed by atoms with E-state index in [0.29, 0.717) is 0 Å². The van der Waals surface area contributed by atoms with Crippen LogP contribution in [0.15, 0.2) is 18.5 Å². The van der Waals surface area contributed by atoms with Crippen LogP contribution in [0.3, 0.4) is 0 Å². The van der Waals surface area contributed by atoms with Gasteiger partial charge in [0.1, 0.15) is 12.1 Å². The molecule has 128 valence electrons. The Morgan fingerprint density at radius 2 is 2.08 bits per heavy atom. The van der Waals surface area contributed by atoms with E-state index in [-0.39, 0.29) is 17.9 Å². The average Bonchev–Trinajstić information content (AvgIpc) is 3.09. The van der Waals surface area contributed by atoms with Crippen LogP contribution in [0.25, 0.3) is 5.65 Å². The number of ether oxygens (including phenoxy) is 1. The van der Waals surface area contributed by atoms with E-state index in [1.54, 1.807) is 10.8 Å². The van der Waals surface area contributed by atoms with E-state index < -0.39 is 0 Å². The Morgan fingerprint density at radius 3 is 2.88 bits per heavy atom. The predicted molar refractivity (Wildman–Crippen MR) is 87.7 cm³/mol. The van der Waals surface area contributed by atoms with E-state index in [1.807, 2.05) is 24.0 Å². The van der Waals surface area contributed by atoms with Crippen molar-refractivity contribution >= 4 is 17.4 Å². The molecule has 0 aliphatic carbocycles. The van der Waals surface area contributed by atoms with Gasteiger partial charge in [-0.3, -0.25) is 4.79 Å². The van der Waals surface area contributed by atoms with E-state index in [0.717, 1.165) is 57.1 Å². The molecule has 2 aromatic heterocycles. The Labute approximate surface area is 140 Å². The molecule has 0 bridgehead atoms. The minimum Gasteiger partial charge on any atom is -0.378 e. The highest BCUT2D eigenvalue weighted by Crippen LogP contribution is 2.24. The first-order chi connectivity index (χ1) is 11.7. The zero-order valence-corrected chi connectivity index (χ0v) is 13.8. The normalized spacial score (nSPS) is 25.2. The van der Waals surface area contributed by atoms with Gasteiger partial charge in [0.15, 0.2) is 5.65 Å². The third kappa shape index (κ3) is 2.82. The number of aromatic nitrogens is 4. The van der Waals surface area contributed by atoms with Crippen LogP contribution in [-0.4, -0.2) is 69.5 Å².